The maximum Gasteiger partial charge on any atom is 0.280 e. The summed E-state index contributed by atoms with van der Waals surface area (Å²) in [5.74, 6) is -0.0614. The molecular weight excluding hydrogens is 226 g/mol. The molecule has 80 valence electrons. The van der Waals surface area contributed by atoms with Crippen LogP contribution in [0.15, 0.2) is 6.07 Å². The van der Waals surface area contributed by atoms with Gasteiger partial charge in [0.15, 0.2) is 0 Å². The molecule has 0 aliphatic rings. The highest BCUT2D eigenvalue weighted by atomic mass is 35.5. The van der Waals surface area contributed by atoms with Gasteiger partial charge in [0, 0.05) is 0 Å². The SMILES string of the molecule is COc1nc(C(F)F)c(CC#N)cc1Cl. The molecule has 0 aliphatic heterocycles. The number of alkyl halides is 2. The summed E-state index contributed by atoms with van der Waals surface area (Å²) in [6, 6.07) is 3.05. The van der Waals surface area contributed by atoms with E-state index in [4.69, 9.17) is 21.6 Å². The highest BCUT2D eigenvalue weighted by Crippen LogP contribution is 2.29. The van der Waals surface area contributed by atoms with Crippen LogP contribution in [0, 0.1) is 11.3 Å². The number of pyridine rings is 1. The molecule has 0 saturated carbocycles. The van der Waals surface area contributed by atoms with Crippen LogP contribution in [0.5, 0.6) is 5.88 Å². The van der Waals surface area contributed by atoms with Crippen molar-refractivity contribution in [3.8, 4) is 11.9 Å². The fourth-order valence-electron chi connectivity index (χ4n) is 1.08. The smallest absolute Gasteiger partial charge is 0.280 e. The van der Waals surface area contributed by atoms with Crippen molar-refractivity contribution in [2.75, 3.05) is 7.11 Å². The molecule has 3 nitrogen and oxygen atoms in total. The number of aromatic nitrogens is 1. The van der Waals surface area contributed by atoms with E-state index in [1.54, 1.807) is 6.07 Å². The molecule has 15 heavy (non-hydrogen) atoms. The number of nitriles is 1. The minimum absolute atomic E-state index is 0.0614. The number of rotatable bonds is 3. The molecule has 1 heterocycles. The number of methoxy groups -OCH3 is 1. The summed E-state index contributed by atoms with van der Waals surface area (Å²) >= 11 is 5.70. The number of nitrogens with zero attached hydrogens (tertiary/aromatic N) is 2. The van der Waals surface area contributed by atoms with Gasteiger partial charge < -0.3 is 4.74 Å². The largest absolute Gasteiger partial charge is 0.480 e. The van der Waals surface area contributed by atoms with E-state index in [0.29, 0.717) is 0 Å². The van der Waals surface area contributed by atoms with Crippen molar-refractivity contribution in [2.45, 2.75) is 12.8 Å². The molecule has 0 radical (unpaired) electrons. The first-order valence-corrected chi connectivity index (χ1v) is 4.36. The summed E-state index contributed by atoms with van der Waals surface area (Å²) in [5, 5.41) is 8.56. The monoisotopic (exact) mass is 232 g/mol. The van der Waals surface area contributed by atoms with Crippen molar-refractivity contribution in [3.63, 3.8) is 0 Å². The summed E-state index contributed by atoms with van der Waals surface area (Å²) in [6.45, 7) is 0. The topological polar surface area (TPSA) is 45.9 Å². The van der Waals surface area contributed by atoms with E-state index in [9.17, 15) is 8.78 Å². The van der Waals surface area contributed by atoms with E-state index in [1.165, 1.54) is 13.2 Å². The van der Waals surface area contributed by atoms with Crippen molar-refractivity contribution in [3.05, 3.63) is 22.3 Å². The highest BCUT2D eigenvalue weighted by molar-refractivity contribution is 6.31. The van der Waals surface area contributed by atoms with Gasteiger partial charge in [0.25, 0.3) is 6.43 Å². The molecule has 0 fully saturated rings. The van der Waals surface area contributed by atoms with Crippen LogP contribution in [0.1, 0.15) is 17.7 Å². The second kappa shape index (κ2) is 4.89. The van der Waals surface area contributed by atoms with Gasteiger partial charge in [0.05, 0.1) is 19.6 Å². The number of hydrogen-bond donors (Lipinski definition) is 0. The molecule has 1 aromatic heterocycles. The summed E-state index contributed by atoms with van der Waals surface area (Å²) < 4.78 is 29.8. The molecular formula is C9H7ClF2N2O. The van der Waals surface area contributed by atoms with Gasteiger partial charge in [-0.15, -0.1) is 0 Å². The van der Waals surface area contributed by atoms with Crippen LogP contribution in [0.2, 0.25) is 5.02 Å². The van der Waals surface area contributed by atoms with Gasteiger partial charge in [0.1, 0.15) is 10.7 Å². The molecule has 0 aromatic carbocycles. The lowest BCUT2D eigenvalue weighted by Gasteiger charge is -2.08. The molecule has 0 bridgehead atoms. The Balaban J connectivity index is 3.26. The van der Waals surface area contributed by atoms with Crippen molar-refractivity contribution in [2.24, 2.45) is 0 Å². The fraction of sp³-hybridized carbons (Fsp3) is 0.333. The minimum Gasteiger partial charge on any atom is -0.480 e. The lowest BCUT2D eigenvalue weighted by atomic mass is 10.1. The maximum atomic E-state index is 12.5. The molecule has 1 rings (SSSR count). The van der Waals surface area contributed by atoms with Crippen molar-refractivity contribution >= 4 is 11.6 Å². The number of hydrogen-bond acceptors (Lipinski definition) is 3. The maximum absolute atomic E-state index is 12.5. The molecule has 6 heteroatoms. The highest BCUT2D eigenvalue weighted by Gasteiger charge is 2.18. The van der Waals surface area contributed by atoms with Gasteiger partial charge in [-0.2, -0.15) is 5.26 Å². The van der Waals surface area contributed by atoms with Crippen LogP contribution in [-0.4, -0.2) is 12.1 Å². The lowest BCUT2D eigenvalue weighted by molar-refractivity contribution is 0.144. The van der Waals surface area contributed by atoms with Crippen LogP contribution < -0.4 is 4.74 Å². The third-order valence-electron chi connectivity index (χ3n) is 1.73. The Morgan fingerprint density at radius 3 is 2.80 bits per heavy atom. The number of halogens is 3. The first-order chi connectivity index (χ1) is 7.10. The van der Waals surface area contributed by atoms with Gasteiger partial charge in [-0.05, 0) is 11.6 Å². The van der Waals surface area contributed by atoms with Gasteiger partial charge in [-0.3, -0.25) is 0 Å². The van der Waals surface area contributed by atoms with E-state index in [0.717, 1.165) is 0 Å². The van der Waals surface area contributed by atoms with Crippen molar-refractivity contribution in [1.29, 1.82) is 5.26 Å². The molecule has 0 saturated heterocycles. The van der Waals surface area contributed by atoms with E-state index < -0.39 is 12.1 Å². The van der Waals surface area contributed by atoms with Crippen LogP contribution in [0.3, 0.4) is 0 Å². The van der Waals surface area contributed by atoms with E-state index in [-0.39, 0.29) is 22.9 Å². The Bertz CT molecular complexity index is 404. The minimum atomic E-state index is -2.75. The Morgan fingerprint density at radius 1 is 1.67 bits per heavy atom. The molecule has 0 unspecified atom stereocenters. The molecule has 0 atom stereocenters. The summed E-state index contributed by atoms with van der Waals surface area (Å²) in [7, 11) is 1.29. The average Bonchev–Trinajstić information content (AvgIpc) is 2.18. The van der Waals surface area contributed by atoms with Crippen molar-refractivity contribution < 1.29 is 13.5 Å². The van der Waals surface area contributed by atoms with Gasteiger partial charge in [-0.25, -0.2) is 13.8 Å². The first-order valence-electron chi connectivity index (χ1n) is 3.98. The molecule has 1 aromatic rings. The summed E-state index contributed by atoms with van der Waals surface area (Å²) in [5.41, 5.74) is -0.337. The number of ether oxygens (including phenoxy) is 1. The zero-order chi connectivity index (χ0) is 11.4. The van der Waals surface area contributed by atoms with Crippen LogP contribution in [0.4, 0.5) is 8.78 Å². The van der Waals surface area contributed by atoms with Crippen molar-refractivity contribution in [1.82, 2.24) is 4.98 Å². The third-order valence-corrected chi connectivity index (χ3v) is 2.00. The molecule has 0 aliphatic carbocycles. The summed E-state index contributed by atoms with van der Waals surface area (Å²) in [4.78, 5) is 3.55. The van der Waals surface area contributed by atoms with Crippen LogP contribution in [-0.2, 0) is 6.42 Å². The van der Waals surface area contributed by atoms with E-state index >= 15 is 0 Å². The zero-order valence-corrected chi connectivity index (χ0v) is 8.55. The fourth-order valence-corrected chi connectivity index (χ4v) is 1.33. The first kappa shape index (κ1) is 11.7. The normalized spacial score (nSPS) is 10.1. The predicted octanol–water partition coefficient (Wildman–Crippen LogP) is 2.75. The third kappa shape index (κ3) is 2.54. The Morgan fingerprint density at radius 2 is 2.33 bits per heavy atom. The van der Waals surface area contributed by atoms with E-state index in [1.807, 2.05) is 0 Å². The molecule has 0 spiro atoms. The molecule has 0 amide bonds. The quantitative estimate of drug-likeness (QED) is 0.805. The Kier molecular flexibility index (Phi) is 3.81. The Hall–Kier alpha value is -1.41. The second-order valence-electron chi connectivity index (χ2n) is 2.66. The Labute approximate surface area is 90.3 Å². The van der Waals surface area contributed by atoms with Gasteiger partial charge in [-0.1, -0.05) is 11.6 Å². The van der Waals surface area contributed by atoms with Gasteiger partial charge >= 0.3 is 0 Å². The predicted molar refractivity (Wildman–Crippen MR) is 50.1 cm³/mol. The van der Waals surface area contributed by atoms with Gasteiger partial charge in [0.2, 0.25) is 5.88 Å². The zero-order valence-electron chi connectivity index (χ0n) is 7.80. The lowest BCUT2D eigenvalue weighted by Crippen LogP contribution is -2.01. The van der Waals surface area contributed by atoms with Crippen LogP contribution in [0.25, 0.3) is 0 Å². The second-order valence-corrected chi connectivity index (χ2v) is 3.07. The summed E-state index contributed by atoms with van der Waals surface area (Å²) in [6.07, 6.45) is -2.91. The van der Waals surface area contributed by atoms with Crippen LogP contribution >= 0.6 is 11.6 Å². The molecule has 0 N–H and O–H groups in total. The standard InChI is InChI=1S/C9H7ClF2N2O/c1-15-9-6(10)4-5(2-3-13)7(14-9)8(11)12/h4,8H,2H2,1H3. The average molecular weight is 233 g/mol. The van der Waals surface area contributed by atoms with E-state index in [2.05, 4.69) is 4.98 Å².